The van der Waals surface area contributed by atoms with Crippen LogP contribution in [-0.2, 0) is 0 Å². The molecule has 0 aliphatic rings. The first kappa shape index (κ1) is 20.4. The van der Waals surface area contributed by atoms with Crippen LogP contribution < -0.4 is 11.1 Å². The van der Waals surface area contributed by atoms with Crippen molar-refractivity contribution >= 4 is 17.3 Å². The molecule has 0 heterocycles. The molecule has 0 saturated carbocycles. The van der Waals surface area contributed by atoms with Crippen LogP contribution in [-0.4, -0.2) is 18.2 Å². The molecule has 0 aliphatic carbocycles. The monoisotopic (exact) mass is 339 g/mol. The number of nitrogen functional groups attached to an aromatic ring is 1. The van der Waals surface area contributed by atoms with Crippen LogP contribution in [0.3, 0.4) is 0 Å². The van der Waals surface area contributed by atoms with Gasteiger partial charge in [0.2, 0.25) is 0 Å². The minimum Gasteiger partial charge on any atom is -0.398 e. The lowest BCUT2D eigenvalue weighted by Gasteiger charge is -2.16. The van der Waals surface area contributed by atoms with Crippen molar-refractivity contribution < 1.29 is 4.79 Å². The highest BCUT2D eigenvalue weighted by Crippen LogP contribution is 2.19. The van der Waals surface area contributed by atoms with E-state index in [1.807, 2.05) is 32.0 Å². The van der Waals surface area contributed by atoms with Crippen LogP contribution in [0.2, 0.25) is 0 Å². The van der Waals surface area contributed by atoms with Gasteiger partial charge in [-0.2, -0.15) is 0 Å². The van der Waals surface area contributed by atoms with Crippen molar-refractivity contribution in [1.82, 2.24) is 5.32 Å². The summed E-state index contributed by atoms with van der Waals surface area (Å²) in [5, 5.41) is 10.7. The Morgan fingerprint density at radius 2 is 1.80 bits per heavy atom. The number of amides is 1. The zero-order valence-corrected chi connectivity index (χ0v) is 15.6. The third-order valence-electron chi connectivity index (χ3n) is 3.99. The largest absolute Gasteiger partial charge is 0.398 e. The van der Waals surface area contributed by atoms with E-state index < -0.39 is 0 Å². The Morgan fingerprint density at radius 3 is 2.36 bits per heavy atom. The highest BCUT2D eigenvalue weighted by Gasteiger charge is 2.13. The molecule has 1 amide bonds. The molecule has 2 rings (SSSR count). The van der Waals surface area contributed by atoms with Crippen LogP contribution in [0.5, 0.6) is 0 Å². The summed E-state index contributed by atoms with van der Waals surface area (Å²) in [5.41, 5.74) is 9.07. The summed E-state index contributed by atoms with van der Waals surface area (Å²) in [6, 6.07) is 15.2. The molecule has 2 aromatic rings. The topological polar surface area (TPSA) is 79.0 Å². The van der Waals surface area contributed by atoms with Gasteiger partial charge in [-0.3, -0.25) is 4.79 Å². The number of carbonyl (C=O) groups excluding carboxylic acids is 1. The predicted octanol–water partition coefficient (Wildman–Crippen LogP) is 4.61. The maximum absolute atomic E-state index is 12.4. The highest BCUT2D eigenvalue weighted by atomic mass is 16.1. The van der Waals surface area contributed by atoms with Gasteiger partial charge in [0.15, 0.2) is 0 Å². The van der Waals surface area contributed by atoms with Gasteiger partial charge in [0.1, 0.15) is 0 Å². The van der Waals surface area contributed by atoms with Crippen molar-refractivity contribution in [3.8, 4) is 0 Å². The minimum atomic E-state index is -0.137. The maximum atomic E-state index is 12.4. The number of carbonyl (C=O) groups is 1. The average Bonchev–Trinajstić information content (AvgIpc) is 2.64. The summed E-state index contributed by atoms with van der Waals surface area (Å²) in [6.07, 6.45) is 0.955. The van der Waals surface area contributed by atoms with Gasteiger partial charge in [0, 0.05) is 35.0 Å². The molecule has 0 radical (unpaired) electrons. The molecule has 1 unspecified atom stereocenters. The standard InChI is InChI=1S/C19H23N3O.C2H6/c1-3-14(15-7-5-4-6-8-15)12-22-19(23)16-9-10-18(21)17(11-16)13(2)20;1-2/h4-11,14,20H,3,12,21H2,1-2H3,(H,22,23);1-2H3. The smallest absolute Gasteiger partial charge is 0.251 e. The van der Waals surface area contributed by atoms with Crippen LogP contribution in [0.25, 0.3) is 0 Å². The summed E-state index contributed by atoms with van der Waals surface area (Å²) in [4.78, 5) is 12.4. The lowest BCUT2D eigenvalue weighted by molar-refractivity contribution is 0.0951. The van der Waals surface area contributed by atoms with Gasteiger partial charge in [0.25, 0.3) is 5.91 Å². The van der Waals surface area contributed by atoms with Crippen LogP contribution in [0, 0.1) is 5.41 Å². The van der Waals surface area contributed by atoms with Crippen LogP contribution in [0.15, 0.2) is 48.5 Å². The summed E-state index contributed by atoms with van der Waals surface area (Å²) >= 11 is 0. The van der Waals surface area contributed by atoms with E-state index in [1.54, 1.807) is 25.1 Å². The van der Waals surface area contributed by atoms with Crippen LogP contribution >= 0.6 is 0 Å². The molecule has 4 heteroatoms. The van der Waals surface area contributed by atoms with Crippen molar-refractivity contribution in [2.45, 2.75) is 40.0 Å². The van der Waals surface area contributed by atoms with Crippen LogP contribution in [0.1, 0.15) is 61.5 Å². The van der Waals surface area contributed by atoms with Gasteiger partial charge in [0.05, 0.1) is 0 Å². The molecule has 0 bridgehead atoms. The summed E-state index contributed by atoms with van der Waals surface area (Å²) in [6.45, 7) is 8.36. The fraction of sp³-hybridized carbons (Fsp3) is 0.333. The molecule has 0 aliphatic heterocycles. The molecule has 0 fully saturated rings. The molecule has 134 valence electrons. The Bertz CT molecular complexity index is 696. The zero-order chi connectivity index (χ0) is 18.8. The van der Waals surface area contributed by atoms with E-state index in [2.05, 4.69) is 24.4 Å². The summed E-state index contributed by atoms with van der Waals surface area (Å²) in [7, 11) is 0. The summed E-state index contributed by atoms with van der Waals surface area (Å²) < 4.78 is 0. The molecular formula is C21H29N3O. The van der Waals surface area contributed by atoms with Crippen molar-refractivity contribution in [3.63, 3.8) is 0 Å². The van der Waals surface area contributed by atoms with E-state index in [4.69, 9.17) is 11.1 Å². The van der Waals surface area contributed by atoms with E-state index in [0.717, 1.165) is 6.42 Å². The molecule has 4 N–H and O–H groups in total. The number of benzene rings is 2. The van der Waals surface area contributed by atoms with Crippen molar-refractivity contribution in [1.29, 1.82) is 5.41 Å². The van der Waals surface area contributed by atoms with E-state index in [-0.39, 0.29) is 11.8 Å². The first-order valence-corrected chi connectivity index (χ1v) is 8.81. The first-order chi connectivity index (χ1) is 12.0. The van der Waals surface area contributed by atoms with E-state index in [9.17, 15) is 4.79 Å². The molecule has 2 aromatic carbocycles. The van der Waals surface area contributed by atoms with Gasteiger partial charge in [-0.05, 0) is 37.1 Å². The molecule has 0 spiro atoms. The highest BCUT2D eigenvalue weighted by molar-refractivity contribution is 6.04. The fourth-order valence-electron chi connectivity index (χ4n) is 2.56. The number of rotatable bonds is 6. The minimum absolute atomic E-state index is 0.137. The van der Waals surface area contributed by atoms with Crippen molar-refractivity contribution in [2.75, 3.05) is 12.3 Å². The Hall–Kier alpha value is -2.62. The third kappa shape index (κ3) is 5.75. The first-order valence-electron chi connectivity index (χ1n) is 8.81. The van der Waals surface area contributed by atoms with Crippen molar-refractivity contribution in [2.24, 2.45) is 0 Å². The maximum Gasteiger partial charge on any atom is 0.251 e. The second-order valence-electron chi connectivity index (χ2n) is 5.65. The van der Waals surface area contributed by atoms with Crippen molar-refractivity contribution in [3.05, 3.63) is 65.2 Å². The Labute approximate surface area is 151 Å². The lowest BCUT2D eigenvalue weighted by atomic mass is 9.96. The average molecular weight is 339 g/mol. The Balaban J connectivity index is 0.00000151. The van der Waals surface area contributed by atoms with E-state index in [0.29, 0.717) is 29.1 Å². The quantitative estimate of drug-likeness (QED) is 0.531. The van der Waals surface area contributed by atoms with E-state index in [1.165, 1.54) is 5.56 Å². The third-order valence-corrected chi connectivity index (χ3v) is 3.99. The van der Waals surface area contributed by atoms with Gasteiger partial charge in [-0.1, -0.05) is 51.1 Å². The van der Waals surface area contributed by atoms with Gasteiger partial charge >= 0.3 is 0 Å². The van der Waals surface area contributed by atoms with E-state index >= 15 is 0 Å². The molecule has 25 heavy (non-hydrogen) atoms. The molecule has 4 nitrogen and oxygen atoms in total. The molecule has 1 atom stereocenters. The number of anilines is 1. The molecule has 0 aromatic heterocycles. The SMILES string of the molecule is CC.CCC(CNC(=O)c1ccc(N)c(C(C)=N)c1)c1ccccc1. The Morgan fingerprint density at radius 1 is 1.16 bits per heavy atom. The predicted molar refractivity (Wildman–Crippen MR) is 107 cm³/mol. The van der Waals surface area contributed by atoms with Crippen LogP contribution in [0.4, 0.5) is 5.69 Å². The van der Waals surface area contributed by atoms with Gasteiger partial charge in [-0.15, -0.1) is 0 Å². The summed E-state index contributed by atoms with van der Waals surface area (Å²) in [5.74, 6) is 0.153. The number of hydrogen-bond donors (Lipinski definition) is 3. The Kier molecular flexibility index (Phi) is 8.40. The zero-order valence-electron chi connectivity index (χ0n) is 15.6. The second kappa shape index (κ2) is 10.3. The van der Waals surface area contributed by atoms with Gasteiger partial charge in [-0.25, -0.2) is 0 Å². The number of nitrogens with one attached hydrogen (secondary N) is 2. The molecule has 0 saturated heterocycles. The number of nitrogens with two attached hydrogens (primary N) is 1. The lowest BCUT2D eigenvalue weighted by Crippen LogP contribution is -2.28. The van der Waals surface area contributed by atoms with Gasteiger partial charge < -0.3 is 16.5 Å². The number of hydrogen-bond acceptors (Lipinski definition) is 3. The normalized spacial score (nSPS) is 11.0. The second-order valence-corrected chi connectivity index (χ2v) is 5.65. The molecular weight excluding hydrogens is 310 g/mol. The fourth-order valence-corrected chi connectivity index (χ4v) is 2.56.